The minimum Gasteiger partial charge on any atom is -0.348 e. The topological polar surface area (TPSA) is 59.0 Å². The number of aromatic nitrogens is 2. The molecule has 0 saturated heterocycles. The lowest BCUT2D eigenvalue weighted by Gasteiger charge is -2.14. The van der Waals surface area contributed by atoms with Crippen LogP contribution in [-0.2, 0) is 7.05 Å². The number of nitrogens with one attached hydrogen (secondary N) is 2. The molecule has 17 heavy (non-hydrogen) atoms. The zero-order chi connectivity index (χ0) is 12.3. The van der Waals surface area contributed by atoms with Crippen molar-refractivity contribution in [2.45, 2.75) is 13.3 Å². The van der Waals surface area contributed by atoms with Crippen molar-refractivity contribution >= 4 is 5.91 Å². The lowest BCUT2D eigenvalue weighted by Crippen LogP contribution is -2.29. The Morgan fingerprint density at radius 1 is 1.65 bits per heavy atom. The lowest BCUT2D eigenvalue weighted by molar-refractivity contribution is 0.0956. The number of nitrogens with zero attached hydrogens (tertiary/aromatic N) is 2. The van der Waals surface area contributed by atoms with E-state index in [1.165, 1.54) is 5.57 Å². The summed E-state index contributed by atoms with van der Waals surface area (Å²) in [5.74, 6) is -0.0463. The van der Waals surface area contributed by atoms with Crippen molar-refractivity contribution in [2.75, 3.05) is 19.6 Å². The van der Waals surface area contributed by atoms with Gasteiger partial charge in [0.2, 0.25) is 0 Å². The van der Waals surface area contributed by atoms with Gasteiger partial charge in [0.25, 0.3) is 5.91 Å². The molecule has 1 aromatic rings. The predicted octanol–water partition coefficient (Wildman–Crippen LogP) is 0.378. The lowest BCUT2D eigenvalue weighted by atomic mass is 10.1. The molecular formula is C12H18N4O. The monoisotopic (exact) mass is 234 g/mol. The maximum Gasteiger partial charge on any atom is 0.255 e. The number of carbonyl (C=O) groups is 1. The molecule has 92 valence electrons. The number of carbonyl (C=O) groups excluding carboxylic acids is 1. The van der Waals surface area contributed by atoms with Crippen molar-refractivity contribution in [3.8, 4) is 0 Å². The van der Waals surface area contributed by atoms with Crippen molar-refractivity contribution in [2.24, 2.45) is 7.05 Å². The van der Waals surface area contributed by atoms with Crippen molar-refractivity contribution in [3.05, 3.63) is 29.1 Å². The van der Waals surface area contributed by atoms with Crippen molar-refractivity contribution < 1.29 is 4.79 Å². The van der Waals surface area contributed by atoms with E-state index in [4.69, 9.17) is 0 Å². The number of aryl methyl sites for hydroxylation is 1. The first kappa shape index (κ1) is 11.9. The van der Waals surface area contributed by atoms with Gasteiger partial charge in [-0.3, -0.25) is 9.48 Å². The van der Waals surface area contributed by atoms with Crippen molar-refractivity contribution in [3.63, 3.8) is 0 Å². The van der Waals surface area contributed by atoms with Crippen molar-refractivity contribution in [1.29, 1.82) is 0 Å². The van der Waals surface area contributed by atoms with Crippen LogP contribution < -0.4 is 10.6 Å². The van der Waals surface area contributed by atoms with Crippen LogP contribution in [0.15, 0.2) is 17.8 Å². The van der Waals surface area contributed by atoms with E-state index in [9.17, 15) is 4.79 Å². The third-order valence-electron chi connectivity index (χ3n) is 3.11. The summed E-state index contributed by atoms with van der Waals surface area (Å²) >= 11 is 0. The molecule has 2 N–H and O–H groups in total. The van der Waals surface area contributed by atoms with E-state index in [2.05, 4.69) is 21.8 Å². The number of rotatable bonds is 3. The predicted molar refractivity (Wildman–Crippen MR) is 65.8 cm³/mol. The maximum absolute atomic E-state index is 11.9. The Hall–Kier alpha value is -1.62. The molecule has 1 amide bonds. The number of amides is 1. The summed E-state index contributed by atoms with van der Waals surface area (Å²) in [4.78, 5) is 11.9. The van der Waals surface area contributed by atoms with E-state index in [-0.39, 0.29) is 5.91 Å². The summed E-state index contributed by atoms with van der Waals surface area (Å²) in [6.45, 7) is 4.42. The molecule has 0 radical (unpaired) electrons. The molecule has 1 aromatic heterocycles. The van der Waals surface area contributed by atoms with Gasteiger partial charge in [0.15, 0.2) is 0 Å². The molecule has 0 aromatic carbocycles. The van der Waals surface area contributed by atoms with Crippen molar-refractivity contribution in [1.82, 2.24) is 20.4 Å². The molecule has 5 heteroatoms. The molecule has 2 rings (SSSR count). The van der Waals surface area contributed by atoms with Gasteiger partial charge in [-0.15, -0.1) is 0 Å². The van der Waals surface area contributed by atoms with E-state index in [0.29, 0.717) is 12.1 Å². The Balaban J connectivity index is 1.93. The van der Waals surface area contributed by atoms with E-state index in [0.717, 1.165) is 25.2 Å². The van der Waals surface area contributed by atoms with E-state index in [1.54, 1.807) is 10.9 Å². The molecule has 0 spiro atoms. The van der Waals surface area contributed by atoms with Gasteiger partial charge in [-0.1, -0.05) is 11.6 Å². The molecule has 0 saturated carbocycles. The van der Waals surface area contributed by atoms with E-state index < -0.39 is 0 Å². The minimum atomic E-state index is -0.0463. The van der Waals surface area contributed by atoms with Gasteiger partial charge in [0.05, 0.1) is 11.8 Å². The quantitative estimate of drug-likeness (QED) is 0.743. The van der Waals surface area contributed by atoms with Crippen LogP contribution in [0.2, 0.25) is 0 Å². The number of hydrogen-bond acceptors (Lipinski definition) is 3. The Kier molecular flexibility index (Phi) is 3.58. The van der Waals surface area contributed by atoms with Crippen LogP contribution in [0.1, 0.15) is 22.5 Å². The average molecular weight is 234 g/mol. The highest BCUT2D eigenvalue weighted by atomic mass is 16.1. The van der Waals surface area contributed by atoms with Gasteiger partial charge < -0.3 is 10.6 Å². The first-order chi connectivity index (χ1) is 8.18. The Morgan fingerprint density at radius 2 is 2.47 bits per heavy atom. The van der Waals surface area contributed by atoms with Crippen LogP contribution in [0.25, 0.3) is 0 Å². The molecule has 2 heterocycles. The van der Waals surface area contributed by atoms with Crippen LogP contribution in [0.4, 0.5) is 0 Å². The summed E-state index contributed by atoms with van der Waals surface area (Å²) in [6, 6.07) is 0. The highest BCUT2D eigenvalue weighted by Gasteiger charge is 2.13. The van der Waals surface area contributed by atoms with Gasteiger partial charge in [-0.25, -0.2) is 0 Å². The standard InChI is InChI=1S/C12H18N4O/c1-9-11(8-15-16(9)2)12(17)14-7-10-3-5-13-6-4-10/h3,8,13H,4-7H2,1-2H3,(H,14,17). The Morgan fingerprint density at radius 3 is 3.06 bits per heavy atom. The molecule has 0 atom stereocenters. The smallest absolute Gasteiger partial charge is 0.255 e. The summed E-state index contributed by atoms with van der Waals surface area (Å²) in [6.07, 6.45) is 4.76. The van der Waals surface area contributed by atoms with E-state index in [1.807, 2.05) is 14.0 Å². The van der Waals surface area contributed by atoms with Crippen LogP contribution in [0, 0.1) is 6.92 Å². The summed E-state index contributed by atoms with van der Waals surface area (Å²) in [5, 5.41) is 10.2. The highest BCUT2D eigenvalue weighted by Crippen LogP contribution is 2.06. The second-order valence-electron chi connectivity index (χ2n) is 4.27. The summed E-state index contributed by atoms with van der Waals surface area (Å²) in [5.41, 5.74) is 2.84. The summed E-state index contributed by atoms with van der Waals surface area (Å²) < 4.78 is 1.71. The van der Waals surface area contributed by atoms with Crippen LogP contribution in [-0.4, -0.2) is 35.3 Å². The van der Waals surface area contributed by atoms with E-state index >= 15 is 0 Å². The second-order valence-corrected chi connectivity index (χ2v) is 4.27. The van der Waals surface area contributed by atoms with Crippen LogP contribution >= 0.6 is 0 Å². The Bertz CT molecular complexity index is 447. The summed E-state index contributed by atoms with van der Waals surface area (Å²) in [7, 11) is 1.83. The molecule has 5 nitrogen and oxygen atoms in total. The molecule has 1 aliphatic heterocycles. The SMILES string of the molecule is Cc1c(C(=O)NCC2=CCNCC2)cnn1C. The molecule has 0 bridgehead atoms. The zero-order valence-electron chi connectivity index (χ0n) is 10.3. The van der Waals surface area contributed by atoms with Gasteiger partial charge in [0.1, 0.15) is 0 Å². The van der Waals surface area contributed by atoms with Gasteiger partial charge >= 0.3 is 0 Å². The highest BCUT2D eigenvalue weighted by molar-refractivity contribution is 5.95. The van der Waals surface area contributed by atoms with Gasteiger partial charge in [0, 0.05) is 25.8 Å². The fraction of sp³-hybridized carbons (Fsp3) is 0.500. The first-order valence-corrected chi connectivity index (χ1v) is 5.84. The van der Waals surface area contributed by atoms with Crippen LogP contribution in [0.5, 0.6) is 0 Å². The third kappa shape index (κ3) is 2.74. The number of hydrogen-bond donors (Lipinski definition) is 2. The maximum atomic E-state index is 11.9. The van der Waals surface area contributed by atoms with Gasteiger partial charge in [-0.2, -0.15) is 5.10 Å². The zero-order valence-corrected chi connectivity index (χ0v) is 10.3. The second kappa shape index (κ2) is 5.14. The molecule has 0 aliphatic carbocycles. The molecule has 0 unspecified atom stereocenters. The van der Waals surface area contributed by atoms with Gasteiger partial charge in [-0.05, 0) is 19.9 Å². The third-order valence-corrected chi connectivity index (χ3v) is 3.11. The largest absolute Gasteiger partial charge is 0.348 e. The normalized spacial score (nSPS) is 15.5. The Labute approximate surface area is 101 Å². The fourth-order valence-corrected chi connectivity index (χ4v) is 1.84. The molecule has 0 fully saturated rings. The average Bonchev–Trinajstić information content (AvgIpc) is 2.69. The van der Waals surface area contributed by atoms with Crippen LogP contribution in [0.3, 0.4) is 0 Å². The molecular weight excluding hydrogens is 216 g/mol. The minimum absolute atomic E-state index is 0.0463. The fourth-order valence-electron chi connectivity index (χ4n) is 1.84. The molecule has 1 aliphatic rings. The first-order valence-electron chi connectivity index (χ1n) is 5.84.